The first-order chi connectivity index (χ1) is 10.6. The number of carbonyl (C=O) groups excluding carboxylic acids is 1. The number of halogens is 1. The highest BCUT2D eigenvalue weighted by Crippen LogP contribution is 2.14. The number of amides is 1. The smallest absolute Gasteiger partial charge is 0.237 e. The van der Waals surface area contributed by atoms with Crippen LogP contribution in [-0.2, 0) is 4.79 Å². The van der Waals surface area contributed by atoms with Crippen LogP contribution in [0.5, 0.6) is 0 Å². The van der Waals surface area contributed by atoms with Gasteiger partial charge < -0.3 is 10.4 Å². The fraction of sp³-hybridized carbons (Fsp3) is 0.588. The summed E-state index contributed by atoms with van der Waals surface area (Å²) in [4.78, 5) is 14.4. The maximum Gasteiger partial charge on any atom is 0.237 e. The molecule has 122 valence electrons. The van der Waals surface area contributed by atoms with E-state index >= 15 is 0 Å². The van der Waals surface area contributed by atoms with Crippen LogP contribution >= 0.6 is 0 Å². The minimum atomic E-state index is -0.893. The summed E-state index contributed by atoms with van der Waals surface area (Å²) in [5.41, 5.74) is 0.475. The molecule has 1 saturated heterocycles. The summed E-state index contributed by atoms with van der Waals surface area (Å²) in [6.45, 7) is 3.89. The lowest BCUT2D eigenvalue weighted by Crippen LogP contribution is -2.46. The van der Waals surface area contributed by atoms with Crippen LogP contribution in [0.1, 0.15) is 44.3 Å². The molecule has 1 amide bonds. The highest BCUT2D eigenvalue weighted by molar-refractivity contribution is 5.81. The number of benzene rings is 1. The van der Waals surface area contributed by atoms with Gasteiger partial charge >= 0.3 is 0 Å². The summed E-state index contributed by atoms with van der Waals surface area (Å²) in [6.07, 6.45) is 3.82. The van der Waals surface area contributed by atoms with E-state index in [1.807, 2.05) is 6.92 Å². The number of carbonyl (C=O) groups is 1. The maximum absolute atomic E-state index is 13.1. The Kier molecular flexibility index (Phi) is 6.34. The van der Waals surface area contributed by atoms with Gasteiger partial charge in [-0.05, 0) is 50.6 Å². The number of hydrogen-bond acceptors (Lipinski definition) is 3. The van der Waals surface area contributed by atoms with Gasteiger partial charge in [0.15, 0.2) is 0 Å². The Morgan fingerprint density at radius 1 is 1.32 bits per heavy atom. The van der Waals surface area contributed by atoms with Crippen molar-refractivity contribution in [1.82, 2.24) is 10.2 Å². The second-order valence-corrected chi connectivity index (χ2v) is 5.94. The molecule has 0 saturated carbocycles. The van der Waals surface area contributed by atoms with E-state index in [2.05, 4.69) is 10.2 Å². The summed E-state index contributed by atoms with van der Waals surface area (Å²) < 4.78 is 13.1. The quantitative estimate of drug-likeness (QED) is 0.877. The third-order valence-corrected chi connectivity index (χ3v) is 4.27. The molecule has 1 aliphatic heterocycles. The number of likely N-dealkylation sites (tertiary alicyclic amines) is 1. The molecule has 0 bridgehead atoms. The van der Waals surface area contributed by atoms with Gasteiger partial charge in [0.25, 0.3) is 0 Å². The molecule has 4 nitrogen and oxygen atoms in total. The zero-order chi connectivity index (χ0) is 15.9. The van der Waals surface area contributed by atoms with E-state index in [-0.39, 0.29) is 24.3 Å². The zero-order valence-electron chi connectivity index (χ0n) is 13.1. The van der Waals surface area contributed by atoms with Crippen molar-refractivity contribution in [2.45, 2.75) is 44.8 Å². The van der Waals surface area contributed by atoms with Crippen LogP contribution in [0.2, 0.25) is 0 Å². The van der Waals surface area contributed by atoms with E-state index in [0.29, 0.717) is 5.56 Å². The molecule has 1 heterocycles. The molecule has 1 aromatic rings. The van der Waals surface area contributed by atoms with Crippen LogP contribution in [0, 0.1) is 5.82 Å². The van der Waals surface area contributed by atoms with Crippen LogP contribution < -0.4 is 5.32 Å². The fourth-order valence-electron chi connectivity index (χ4n) is 2.82. The van der Waals surface area contributed by atoms with E-state index in [1.165, 1.54) is 25.0 Å². The Labute approximate surface area is 131 Å². The average Bonchev–Trinajstić information content (AvgIpc) is 2.80. The Morgan fingerprint density at radius 3 is 2.64 bits per heavy atom. The molecule has 0 aliphatic carbocycles. The Morgan fingerprint density at radius 2 is 2.00 bits per heavy atom. The number of hydrogen-bond donors (Lipinski definition) is 2. The van der Waals surface area contributed by atoms with Crippen molar-refractivity contribution >= 4 is 5.91 Å². The summed E-state index contributed by atoms with van der Waals surface area (Å²) >= 11 is 0. The predicted molar refractivity (Wildman–Crippen MR) is 83.9 cm³/mol. The van der Waals surface area contributed by atoms with Gasteiger partial charge in [0.05, 0.1) is 12.1 Å². The molecule has 2 atom stereocenters. The van der Waals surface area contributed by atoms with Gasteiger partial charge in [0.1, 0.15) is 5.82 Å². The largest absolute Gasteiger partial charge is 0.387 e. The van der Waals surface area contributed by atoms with Crippen molar-refractivity contribution in [1.29, 1.82) is 0 Å². The average molecular weight is 308 g/mol. The first-order valence-corrected chi connectivity index (χ1v) is 8.03. The summed E-state index contributed by atoms with van der Waals surface area (Å²) in [6, 6.07) is 5.62. The molecule has 1 aromatic carbocycles. The van der Waals surface area contributed by atoms with Crippen molar-refractivity contribution in [3.63, 3.8) is 0 Å². The lowest BCUT2D eigenvalue weighted by atomic mass is 10.1. The second-order valence-electron chi connectivity index (χ2n) is 5.94. The maximum atomic E-state index is 13.1. The van der Waals surface area contributed by atoms with Gasteiger partial charge in [-0.25, -0.2) is 4.39 Å². The first kappa shape index (κ1) is 16.9. The van der Waals surface area contributed by atoms with Crippen molar-refractivity contribution in [3.05, 3.63) is 35.6 Å². The highest BCUT2D eigenvalue weighted by atomic mass is 19.1. The topological polar surface area (TPSA) is 52.6 Å². The summed E-state index contributed by atoms with van der Waals surface area (Å²) in [5.74, 6) is -0.474. The lowest BCUT2D eigenvalue weighted by Gasteiger charge is -2.27. The number of nitrogens with one attached hydrogen (secondary N) is 1. The van der Waals surface area contributed by atoms with E-state index in [9.17, 15) is 14.3 Å². The molecule has 22 heavy (non-hydrogen) atoms. The molecule has 2 rings (SSSR count). The minimum Gasteiger partial charge on any atom is -0.387 e. The van der Waals surface area contributed by atoms with E-state index < -0.39 is 6.10 Å². The third kappa shape index (κ3) is 4.78. The van der Waals surface area contributed by atoms with Gasteiger partial charge in [0.2, 0.25) is 5.91 Å². The highest BCUT2D eigenvalue weighted by Gasteiger charge is 2.22. The van der Waals surface area contributed by atoms with E-state index in [4.69, 9.17) is 0 Å². The fourth-order valence-corrected chi connectivity index (χ4v) is 2.82. The monoisotopic (exact) mass is 308 g/mol. The molecule has 0 unspecified atom stereocenters. The zero-order valence-corrected chi connectivity index (χ0v) is 13.1. The van der Waals surface area contributed by atoms with Gasteiger partial charge in [0, 0.05) is 6.54 Å². The standard InChI is InChI=1S/C17H25FN2O2/c1-13(20-9-4-2-3-5-10-20)17(22)19-12-16(21)14-7-6-8-15(18)11-14/h6-8,11,13,16,21H,2-5,9-10,12H2,1H3,(H,19,22)/t13-,16-/m0/s1. The summed E-state index contributed by atoms with van der Waals surface area (Å²) in [5, 5.41) is 12.8. The molecule has 1 aliphatic rings. The Bertz CT molecular complexity index is 487. The molecule has 2 N–H and O–H groups in total. The third-order valence-electron chi connectivity index (χ3n) is 4.27. The SMILES string of the molecule is C[C@@H](C(=O)NC[C@H](O)c1cccc(F)c1)N1CCCCCC1. The van der Waals surface area contributed by atoms with Crippen molar-refractivity contribution in [2.24, 2.45) is 0 Å². The van der Waals surface area contributed by atoms with Crippen LogP contribution in [0.15, 0.2) is 24.3 Å². The number of aliphatic hydroxyl groups excluding tert-OH is 1. The van der Waals surface area contributed by atoms with Crippen molar-refractivity contribution in [2.75, 3.05) is 19.6 Å². The number of aliphatic hydroxyl groups is 1. The van der Waals surface area contributed by atoms with Crippen molar-refractivity contribution < 1.29 is 14.3 Å². The van der Waals surface area contributed by atoms with Crippen molar-refractivity contribution in [3.8, 4) is 0 Å². The molecule has 0 aromatic heterocycles. The first-order valence-electron chi connectivity index (χ1n) is 8.03. The van der Waals surface area contributed by atoms with E-state index in [0.717, 1.165) is 25.9 Å². The molecular weight excluding hydrogens is 283 g/mol. The number of nitrogens with zero attached hydrogens (tertiary/aromatic N) is 1. The molecule has 1 fully saturated rings. The van der Waals surface area contributed by atoms with E-state index in [1.54, 1.807) is 12.1 Å². The number of rotatable bonds is 5. The van der Waals surface area contributed by atoms with Gasteiger partial charge in [-0.3, -0.25) is 9.69 Å². The summed E-state index contributed by atoms with van der Waals surface area (Å²) in [7, 11) is 0. The van der Waals surface area contributed by atoms with Crippen LogP contribution in [0.3, 0.4) is 0 Å². The van der Waals surface area contributed by atoms with Crippen LogP contribution in [-0.4, -0.2) is 41.6 Å². The predicted octanol–water partition coefficient (Wildman–Crippen LogP) is 2.24. The Balaban J connectivity index is 1.83. The second kappa shape index (κ2) is 8.25. The molecule has 5 heteroatoms. The minimum absolute atomic E-state index is 0.0858. The van der Waals surface area contributed by atoms with Gasteiger partial charge in [-0.15, -0.1) is 0 Å². The Hall–Kier alpha value is -1.46. The van der Waals surface area contributed by atoms with Gasteiger partial charge in [-0.1, -0.05) is 25.0 Å². The van der Waals surface area contributed by atoms with Crippen LogP contribution in [0.25, 0.3) is 0 Å². The lowest BCUT2D eigenvalue weighted by molar-refractivity contribution is -0.126. The van der Waals surface area contributed by atoms with Crippen LogP contribution in [0.4, 0.5) is 4.39 Å². The molecular formula is C17H25FN2O2. The molecule has 0 radical (unpaired) electrons. The molecule has 0 spiro atoms. The normalized spacial score (nSPS) is 19.2. The van der Waals surface area contributed by atoms with Gasteiger partial charge in [-0.2, -0.15) is 0 Å².